The summed E-state index contributed by atoms with van der Waals surface area (Å²) < 4.78 is 0. The molecule has 4 aliphatic carbocycles. The Morgan fingerprint density at radius 2 is 1.79 bits per heavy atom. The van der Waals surface area contributed by atoms with Crippen molar-refractivity contribution in [2.45, 2.75) is 80.1 Å². The Kier molecular flexibility index (Phi) is 5.33. The number of fused-ring (bicyclic) bond motifs is 4. The summed E-state index contributed by atoms with van der Waals surface area (Å²) in [5.74, 6) is 4.12. The van der Waals surface area contributed by atoms with Crippen molar-refractivity contribution in [1.82, 2.24) is 0 Å². The monoisotopic (exact) mass is 392 g/mol. The van der Waals surface area contributed by atoms with Gasteiger partial charge in [-0.25, -0.2) is 0 Å². The third-order valence-electron chi connectivity index (χ3n) is 9.50. The van der Waals surface area contributed by atoms with Gasteiger partial charge >= 0.3 is 0 Å². The normalized spacial score (nSPS) is 37.9. The summed E-state index contributed by atoms with van der Waals surface area (Å²) in [5, 5.41) is 0. The third-order valence-corrected chi connectivity index (χ3v) is 9.50. The molecule has 0 bridgehead atoms. The van der Waals surface area contributed by atoms with Crippen LogP contribution in [0.3, 0.4) is 0 Å². The SMILES string of the molecule is CC(C)[C@@H](C)CC[C@@H](C)[C@H]1CC[C@H]2C3=C(CC[C@]12C)[C@@]1(C)C=CC(=O)C=C1C=C3. The summed E-state index contributed by atoms with van der Waals surface area (Å²) >= 11 is 0. The molecule has 0 N–H and O–H groups in total. The number of hydrogen-bond acceptors (Lipinski definition) is 1. The predicted octanol–water partition coefficient (Wildman–Crippen LogP) is 7.46. The molecule has 0 aromatic carbocycles. The van der Waals surface area contributed by atoms with Gasteiger partial charge in [0.15, 0.2) is 5.78 Å². The van der Waals surface area contributed by atoms with Crippen LogP contribution in [0.1, 0.15) is 80.1 Å². The minimum absolute atomic E-state index is 0.0598. The molecule has 4 aliphatic rings. The van der Waals surface area contributed by atoms with E-state index in [0.29, 0.717) is 11.3 Å². The van der Waals surface area contributed by atoms with Gasteiger partial charge < -0.3 is 0 Å². The molecule has 4 rings (SSSR count). The second-order valence-corrected chi connectivity index (χ2v) is 11.3. The zero-order chi connectivity index (χ0) is 21.0. The van der Waals surface area contributed by atoms with Gasteiger partial charge in [-0.3, -0.25) is 4.79 Å². The minimum Gasteiger partial charge on any atom is -0.290 e. The fourth-order valence-corrected chi connectivity index (χ4v) is 7.03. The Balaban J connectivity index is 1.57. The molecule has 0 saturated heterocycles. The van der Waals surface area contributed by atoms with Crippen molar-refractivity contribution in [3.05, 3.63) is 47.1 Å². The van der Waals surface area contributed by atoms with E-state index in [0.717, 1.165) is 23.7 Å². The summed E-state index contributed by atoms with van der Waals surface area (Å²) in [4.78, 5) is 11.9. The molecule has 1 saturated carbocycles. The Hall–Kier alpha value is -1.37. The van der Waals surface area contributed by atoms with E-state index in [2.05, 4.69) is 59.8 Å². The van der Waals surface area contributed by atoms with Crippen LogP contribution in [0, 0.1) is 40.4 Å². The van der Waals surface area contributed by atoms with Gasteiger partial charge in [-0.15, -0.1) is 0 Å². The Bertz CT molecular complexity index is 806. The van der Waals surface area contributed by atoms with E-state index in [1.165, 1.54) is 44.1 Å². The highest BCUT2D eigenvalue weighted by molar-refractivity contribution is 6.02. The van der Waals surface area contributed by atoms with Crippen LogP contribution in [0.15, 0.2) is 47.1 Å². The maximum absolute atomic E-state index is 11.9. The van der Waals surface area contributed by atoms with Crippen molar-refractivity contribution in [2.75, 3.05) is 0 Å². The molecule has 6 atom stereocenters. The third kappa shape index (κ3) is 3.33. The van der Waals surface area contributed by atoms with Crippen LogP contribution >= 0.6 is 0 Å². The van der Waals surface area contributed by atoms with Crippen LogP contribution in [0.4, 0.5) is 0 Å². The fourth-order valence-electron chi connectivity index (χ4n) is 7.03. The molecular weight excluding hydrogens is 352 g/mol. The number of carbonyl (C=O) groups excluding carboxylic acids is 1. The number of allylic oxidation sites excluding steroid dienone is 8. The van der Waals surface area contributed by atoms with Crippen molar-refractivity contribution < 1.29 is 4.79 Å². The van der Waals surface area contributed by atoms with E-state index in [9.17, 15) is 4.79 Å². The summed E-state index contributed by atoms with van der Waals surface area (Å²) in [6, 6.07) is 0. The number of rotatable bonds is 5. The highest BCUT2D eigenvalue weighted by Gasteiger charge is 2.53. The Morgan fingerprint density at radius 1 is 1.03 bits per heavy atom. The quantitative estimate of drug-likeness (QED) is 0.474. The highest BCUT2D eigenvalue weighted by atomic mass is 16.1. The first-order valence-electron chi connectivity index (χ1n) is 12.0. The van der Waals surface area contributed by atoms with E-state index >= 15 is 0 Å². The average Bonchev–Trinajstić information content (AvgIpc) is 3.03. The fraction of sp³-hybridized carbons (Fsp3) is 0.679. The van der Waals surface area contributed by atoms with Gasteiger partial charge in [0.2, 0.25) is 0 Å². The van der Waals surface area contributed by atoms with Gasteiger partial charge in [0, 0.05) is 5.41 Å². The zero-order valence-corrected chi connectivity index (χ0v) is 19.4. The molecule has 0 heterocycles. The van der Waals surface area contributed by atoms with E-state index in [4.69, 9.17) is 0 Å². The average molecular weight is 393 g/mol. The standard InChI is InChI=1S/C28H40O/c1-18(2)19(3)7-8-20(4)24-11-12-25-23-10-9-21-17-22(29)13-15-27(21,5)26(23)14-16-28(24,25)6/h9-10,13,15,17-20,24-25H,7-8,11-12,14,16H2,1-6H3/t19-,20+,24+,25-,27-,28+/m0/s1. The lowest BCUT2D eigenvalue weighted by molar-refractivity contribution is -0.110. The molecule has 0 spiro atoms. The van der Waals surface area contributed by atoms with E-state index < -0.39 is 0 Å². The predicted molar refractivity (Wildman–Crippen MR) is 122 cm³/mol. The van der Waals surface area contributed by atoms with E-state index in [1.54, 1.807) is 17.2 Å². The molecule has 0 aromatic heterocycles. The van der Waals surface area contributed by atoms with Gasteiger partial charge in [-0.2, -0.15) is 0 Å². The molecule has 1 fully saturated rings. The highest BCUT2D eigenvalue weighted by Crippen LogP contribution is 2.63. The Labute approximate surface area is 178 Å². The second-order valence-electron chi connectivity index (χ2n) is 11.3. The van der Waals surface area contributed by atoms with Crippen LogP contribution < -0.4 is 0 Å². The molecule has 158 valence electrons. The van der Waals surface area contributed by atoms with Crippen LogP contribution in [0.25, 0.3) is 0 Å². The minimum atomic E-state index is -0.0598. The second kappa shape index (κ2) is 7.40. The lowest BCUT2D eigenvalue weighted by atomic mass is 9.55. The van der Waals surface area contributed by atoms with Crippen molar-refractivity contribution in [1.29, 1.82) is 0 Å². The van der Waals surface area contributed by atoms with Gasteiger partial charge in [-0.1, -0.05) is 71.3 Å². The van der Waals surface area contributed by atoms with Crippen molar-refractivity contribution in [2.24, 2.45) is 40.4 Å². The van der Waals surface area contributed by atoms with Crippen molar-refractivity contribution in [3.8, 4) is 0 Å². The molecule has 0 amide bonds. The molecule has 0 aromatic rings. The molecule has 1 nitrogen and oxygen atoms in total. The smallest absolute Gasteiger partial charge is 0.178 e. The van der Waals surface area contributed by atoms with Crippen molar-refractivity contribution >= 4 is 5.78 Å². The first kappa shape index (κ1) is 20.9. The molecule has 0 unspecified atom stereocenters. The summed E-state index contributed by atoms with van der Waals surface area (Å²) in [5.41, 5.74) is 4.78. The lowest BCUT2D eigenvalue weighted by Gasteiger charge is -2.49. The van der Waals surface area contributed by atoms with Gasteiger partial charge in [-0.05, 0) is 90.9 Å². The van der Waals surface area contributed by atoms with Crippen molar-refractivity contribution in [3.63, 3.8) is 0 Å². The van der Waals surface area contributed by atoms with Crippen LogP contribution in [-0.4, -0.2) is 5.78 Å². The molecular formula is C28H40O. The van der Waals surface area contributed by atoms with Gasteiger partial charge in [0.05, 0.1) is 0 Å². The number of hydrogen-bond donors (Lipinski definition) is 0. The zero-order valence-electron chi connectivity index (χ0n) is 19.4. The van der Waals surface area contributed by atoms with E-state index in [-0.39, 0.29) is 11.2 Å². The molecule has 29 heavy (non-hydrogen) atoms. The number of carbonyl (C=O) groups is 1. The first-order chi connectivity index (χ1) is 13.7. The van der Waals surface area contributed by atoms with E-state index in [1.807, 2.05) is 6.08 Å². The lowest BCUT2D eigenvalue weighted by Crippen LogP contribution is -2.39. The maximum atomic E-state index is 11.9. The van der Waals surface area contributed by atoms with Gasteiger partial charge in [0.1, 0.15) is 0 Å². The molecule has 0 radical (unpaired) electrons. The number of ketones is 1. The van der Waals surface area contributed by atoms with Gasteiger partial charge in [0.25, 0.3) is 0 Å². The van der Waals surface area contributed by atoms with Crippen LogP contribution in [0.2, 0.25) is 0 Å². The summed E-state index contributed by atoms with van der Waals surface area (Å²) in [6.07, 6.45) is 18.4. The van der Waals surface area contributed by atoms with Crippen LogP contribution in [-0.2, 0) is 4.79 Å². The molecule has 1 heteroatoms. The maximum Gasteiger partial charge on any atom is 0.178 e. The summed E-state index contributed by atoms with van der Waals surface area (Å²) in [7, 11) is 0. The summed E-state index contributed by atoms with van der Waals surface area (Å²) in [6.45, 7) is 14.6. The Morgan fingerprint density at radius 3 is 2.52 bits per heavy atom. The first-order valence-corrected chi connectivity index (χ1v) is 12.0. The largest absolute Gasteiger partial charge is 0.290 e. The topological polar surface area (TPSA) is 17.1 Å². The van der Waals surface area contributed by atoms with Crippen LogP contribution in [0.5, 0.6) is 0 Å². The molecule has 0 aliphatic heterocycles.